The van der Waals surface area contributed by atoms with Gasteiger partial charge in [-0.25, -0.2) is 4.39 Å². The van der Waals surface area contributed by atoms with Gasteiger partial charge in [-0.15, -0.1) is 0 Å². The lowest BCUT2D eigenvalue weighted by Gasteiger charge is -2.42. The van der Waals surface area contributed by atoms with Gasteiger partial charge in [-0.3, -0.25) is 4.79 Å². The summed E-state index contributed by atoms with van der Waals surface area (Å²) in [4.78, 5) is 14.2. The molecule has 0 saturated carbocycles. The minimum absolute atomic E-state index is 0.0312. The molecule has 1 fully saturated rings. The number of amides is 1. The molecule has 1 heterocycles. The molecule has 6 heteroatoms. The highest BCUT2D eigenvalue weighted by atomic mass is 79.9. The maximum atomic E-state index is 13.8. The molecule has 3 nitrogen and oxygen atoms in total. The minimum atomic E-state index is -0.444. The van der Waals surface area contributed by atoms with E-state index < -0.39 is 11.4 Å². The summed E-state index contributed by atoms with van der Waals surface area (Å²) < 4.78 is 19.6. The largest absolute Gasteiger partial charge is 0.368 e. The van der Waals surface area contributed by atoms with E-state index in [0.29, 0.717) is 18.4 Å². The van der Waals surface area contributed by atoms with E-state index >= 15 is 0 Å². The van der Waals surface area contributed by atoms with E-state index in [1.54, 1.807) is 11.0 Å². The third kappa shape index (κ3) is 4.18. The summed E-state index contributed by atoms with van der Waals surface area (Å²) in [7, 11) is 0. The van der Waals surface area contributed by atoms with Gasteiger partial charge in [0.05, 0.1) is 18.1 Å². The maximum Gasteiger partial charge on any atom is 0.227 e. The summed E-state index contributed by atoms with van der Waals surface area (Å²) >= 11 is 9.37. The molecular weight excluding hydrogens is 361 g/mol. The van der Waals surface area contributed by atoms with Gasteiger partial charge in [0, 0.05) is 29.0 Å². The van der Waals surface area contributed by atoms with Crippen LogP contribution in [-0.2, 0) is 16.0 Å². The zero-order chi connectivity index (χ0) is 15.6. The molecule has 2 rings (SSSR count). The molecule has 0 radical (unpaired) electrons. The number of rotatable bonds is 3. The zero-order valence-electron chi connectivity index (χ0n) is 12.0. The van der Waals surface area contributed by atoms with Crippen molar-refractivity contribution in [3.05, 3.63) is 34.6 Å². The Balaban J connectivity index is 2.13. The second kappa shape index (κ2) is 6.63. The van der Waals surface area contributed by atoms with Crippen molar-refractivity contribution in [3.63, 3.8) is 0 Å². The molecule has 0 spiro atoms. The first kappa shape index (κ1) is 16.7. The predicted octanol–water partition coefficient (Wildman–Crippen LogP) is 3.42. The van der Waals surface area contributed by atoms with Crippen molar-refractivity contribution < 1.29 is 13.9 Å². The van der Waals surface area contributed by atoms with E-state index in [0.717, 1.165) is 0 Å². The number of morpholine rings is 1. The fraction of sp³-hybridized carbons (Fsp3) is 0.533. The van der Waals surface area contributed by atoms with Gasteiger partial charge in [0.2, 0.25) is 5.91 Å². The standard InChI is InChI=1S/C15H18BrClFNO2/c1-15(2)9-19(8-10(7-16)21-15)14(20)6-11-12(17)4-3-5-13(11)18/h3-5,10H,6-9H2,1-2H3. The van der Waals surface area contributed by atoms with Crippen LogP contribution in [0.1, 0.15) is 19.4 Å². The molecule has 1 aromatic carbocycles. The number of carbonyl (C=O) groups is 1. The highest BCUT2D eigenvalue weighted by Gasteiger charge is 2.35. The van der Waals surface area contributed by atoms with Crippen LogP contribution < -0.4 is 0 Å². The Morgan fingerprint density at radius 3 is 2.90 bits per heavy atom. The first-order valence-electron chi connectivity index (χ1n) is 6.77. The van der Waals surface area contributed by atoms with Crippen molar-refractivity contribution in [3.8, 4) is 0 Å². The molecule has 1 aliphatic rings. The van der Waals surface area contributed by atoms with E-state index in [4.69, 9.17) is 16.3 Å². The average Bonchev–Trinajstić information content (AvgIpc) is 2.41. The molecule has 116 valence electrons. The summed E-state index contributed by atoms with van der Waals surface area (Å²) in [6.07, 6.45) is -0.0925. The first-order valence-corrected chi connectivity index (χ1v) is 8.27. The van der Waals surface area contributed by atoms with Gasteiger partial charge in [0.1, 0.15) is 5.82 Å². The lowest BCUT2D eigenvalue weighted by Crippen LogP contribution is -2.55. The first-order chi connectivity index (χ1) is 9.82. The monoisotopic (exact) mass is 377 g/mol. The Kier molecular flexibility index (Phi) is 5.28. The Labute approximate surface area is 137 Å². The molecule has 1 atom stereocenters. The number of hydrogen-bond donors (Lipinski definition) is 0. The van der Waals surface area contributed by atoms with Crippen molar-refractivity contribution in [2.75, 3.05) is 18.4 Å². The Hall–Kier alpha value is -0.650. The van der Waals surface area contributed by atoms with Crippen LogP contribution in [0.4, 0.5) is 4.39 Å². The Morgan fingerprint density at radius 2 is 2.29 bits per heavy atom. The molecule has 1 amide bonds. The normalized spacial score (nSPS) is 21.4. The van der Waals surface area contributed by atoms with Crippen molar-refractivity contribution in [1.29, 1.82) is 0 Å². The molecule has 1 aliphatic heterocycles. The van der Waals surface area contributed by atoms with Gasteiger partial charge in [-0.05, 0) is 26.0 Å². The summed E-state index contributed by atoms with van der Waals surface area (Å²) in [6, 6.07) is 4.45. The zero-order valence-corrected chi connectivity index (χ0v) is 14.4. The molecule has 1 saturated heterocycles. The van der Waals surface area contributed by atoms with E-state index in [2.05, 4.69) is 15.9 Å². The van der Waals surface area contributed by atoms with E-state index in [9.17, 15) is 9.18 Å². The van der Waals surface area contributed by atoms with Crippen LogP contribution in [0, 0.1) is 5.82 Å². The number of benzene rings is 1. The van der Waals surface area contributed by atoms with Crippen molar-refractivity contribution >= 4 is 33.4 Å². The molecule has 0 N–H and O–H groups in total. The molecule has 0 aromatic heterocycles. The number of hydrogen-bond acceptors (Lipinski definition) is 2. The number of nitrogens with zero attached hydrogens (tertiary/aromatic N) is 1. The van der Waals surface area contributed by atoms with Crippen LogP contribution in [0.25, 0.3) is 0 Å². The van der Waals surface area contributed by atoms with E-state index in [1.165, 1.54) is 12.1 Å². The molecule has 0 aliphatic carbocycles. The van der Waals surface area contributed by atoms with Crippen LogP contribution in [0.3, 0.4) is 0 Å². The smallest absolute Gasteiger partial charge is 0.227 e. The van der Waals surface area contributed by atoms with E-state index in [1.807, 2.05) is 13.8 Å². The predicted molar refractivity (Wildman–Crippen MR) is 84.4 cm³/mol. The lowest BCUT2D eigenvalue weighted by atomic mass is 10.0. The summed E-state index contributed by atoms with van der Waals surface area (Å²) in [5.41, 5.74) is -0.158. The fourth-order valence-corrected chi connectivity index (χ4v) is 3.10. The quantitative estimate of drug-likeness (QED) is 0.754. The third-order valence-electron chi connectivity index (χ3n) is 3.40. The van der Waals surface area contributed by atoms with E-state index in [-0.39, 0.29) is 29.0 Å². The van der Waals surface area contributed by atoms with Crippen LogP contribution in [-0.4, -0.2) is 40.9 Å². The van der Waals surface area contributed by atoms with Gasteiger partial charge in [0.15, 0.2) is 0 Å². The van der Waals surface area contributed by atoms with Crippen molar-refractivity contribution in [2.24, 2.45) is 0 Å². The molecule has 1 aromatic rings. The van der Waals surface area contributed by atoms with Crippen LogP contribution >= 0.6 is 27.5 Å². The average molecular weight is 379 g/mol. The van der Waals surface area contributed by atoms with Crippen LogP contribution in [0.5, 0.6) is 0 Å². The number of halogens is 3. The third-order valence-corrected chi connectivity index (χ3v) is 4.47. The van der Waals surface area contributed by atoms with Crippen molar-refractivity contribution in [1.82, 2.24) is 4.90 Å². The summed E-state index contributed by atoms with van der Waals surface area (Å²) in [5, 5.41) is 0.939. The van der Waals surface area contributed by atoms with Crippen molar-refractivity contribution in [2.45, 2.75) is 32.0 Å². The summed E-state index contributed by atoms with van der Waals surface area (Å²) in [5.74, 6) is -0.579. The molecule has 21 heavy (non-hydrogen) atoms. The fourth-order valence-electron chi connectivity index (χ4n) is 2.53. The highest BCUT2D eigenvalue weighted by molar-refractivity contribution is 9.09. The second-order valence-corrected chi connectivity index (χ2v) is 6.86. The number of ether oxygens (including phenoxy) is 1. The maximum absolute atomic E-state index is 13.8. The van der Waals surface area contributed by atoms with Crippen LogP contribution in [0.2, 0.25) is 5.02 Å². The Morgan fingerprint density at radius 1 is 1.57 bits per heavy atom. The van der Waals surface area contributed by atoms with Gasteiger partial charge >= 0.3 is 0 Å². The van der Waals surface area contributed by atoms with Gasteiger partial charge < -0.3 is 9.64 Å². The van der Waals surface area contributed by atoms with Gasteiger partial charge in [-0.1, -0.05) is 33.6 Å². The topological polar surface area (TPSA) is 29.5 Å². The molecule has 0 bridgehead atoms. The SMILES string of the molecule is CC1(C)CN(C(=O)Cc2c(F)cccc2Cl)CC(CBr)O1. The second-order valence-electron chi connectivity index (χ2n) is 5.81. The summed E-state index contributed by atoms with van der Waals surface area (Å²) in [6.45, 7) is 4.87. The van der Waals surface area contributed by atoms with Gasteiger partial charge in [-0.2, -0.15) is 0 Å². The lowest BCUT2D eigenvalue weighted by molar-refractivity contribution is -0.156. The Bertz CT molecular complexity index is 518. The minimum Gasteiger partial charge on any atom is -0.368 e. The number of carbonyl (C=O) groups excluding carboxylic acids is 1. The highest BCUT2D eigenvalue weighted by Crippen LogP contribution is 2.24. The molecule has 1 unspecified atom stereocenters. The van der Waals surface area contributed by atoms with Crippen LogP contribution in [0.15, 0.2) is 18.2 Å². The number of alkyl halides is 1. The molecular formula is C15H18BrClFNO2. The van der Waals surface area contributed by atoms with Gasteiger partial charge in [0.25, 0.3) is 0 Å².